The second kappa shape index (κ2) is 7.89. The Hall–Kier alpha value is -2.71. The van der Waals surface area contributed by atoms with E-state index in [0.29, 0.717) is 12.0 Å². The Labute approximate surface area is 159 Å². The van der Waals surface area contributed by atoms with E-state index in [9.17, 15) is 4.79 Å². The minimum absolute atomic E-state index is 0.167. The number of aryl methyl sites for hydroxylation is 2. The Morgan fingerprint density at radius 2 is 1.70 bits per heavy atom. The molecular formula is C25H24O2. The maximum atomic E-state index is 10.7. The molecule has 0 saturated heterocycles. The van der Waals surface area contributed by atoms with Crippen LogP contribution in [0.1, 0.15) is 30.4 Å². The van der Waals surface area contributed by atoms with Gasteiger partial charge in [0.15, 0.2) is 5.78 Å². The fraction of sp³-hybridized carbons (Fsp3) is 0.240. The number of Topliss-reactive ketones (excluding diaryl/α,β-unsaturated/α-hetero) is 1. The zero-order valence-corrected chi connectivity index (χ0v) is 15.4. The van der Waals surface area contributed by atoms with Crippen molar-refractivity contribution < 1.29 is 9.90 Å². The fourth-order valence-electron chi connectivity index (χ4n) is 4.10. The van der Waals surface area contributed by atoms with Crippen LogP contribution in [-0.2, 0) is 17.6 Å². The maximum Gasteiger partial charge on any atom is 0.184 e. The first-order chi connectivity index (χ1) is 13.3. The van der Waals surface area contributed by atoms with Gasteiger partial charge in [0, 0.05) is 5.57 Å². The molecule has 0 radical (unpaired) electrons. The number of fused-ring (bicyclic) bond motifs is 5. The predicted molar refractivity (Wildman–Crippen MR) is 112 cm³/mol. The van der Waals surface area contributed by atoms with Crippen molar-refractivity contribution in [1.29, 1.82) is 0 Å². The van der Waals surface area contributed by atoms with Crippen LogP contribution < -0.4 is 0 Å². The van der Waals surface area contributed by atoms with E-state index in [1.165, 1.54) is 47.2 Å². The summed E-state index contributed by atoms with van der Waals surface area (Å²) in [5.74, 6) is -0.167. The molecule has 0 fully saturated rings. The summed E-state index contributed by atoms with van der Waals surface area (Å²) in [5, 5.41) is 14.0. The van der Waals surface area contributed by atoms with E-state index in [-0.39, 0.29) is 12.4 Å². The Kier molecular flexibility index (Phi) is 5.17. The Morgan fingerprint density at radius 3 is 2.52 bits per heavy atom. The minimum atomic E-state index is -0.368. The summed E-state index contributed by atoms with van der Waals surface area (Å²) < 4.78 is 0. The van der Waals surface area contributed by atoms with Crippen LogP contribution in [0.5, 0.6) is 0 Å². The molecule has 0 amide bonds. The molecule has 3 aromatic carbocycles. The Morgan fingerprint density at radius 1 is 0.889 bits per heavy atom. The smallest absolute Gasteiger partial charge is 0.184 e. The number of aliphatic hydroxyl groups is 1. The van der Waals surface area contributed by atoms with Gasteiger partial charge in [0.2, 0.25) is 0 Å². The molecule has 2 nitrogen and oxygen atoms in total. The summed E-state index contributed by atoms with van der Waals surface area (Å²) in [6, 6.07) is 18.0. The third-order valence-corrected chi connectivity index (χ3v) is 5.53. The number of benzene rings is 3. The van der Waals surface area contributed by atoms with Crippen molar-refractivity contribution in [2.75, 3.05) is 6.61 Å². The normalized spacial score (nSPS) is 15.2. The number of hydrogen-bond donors (Lipinski definition) is 1. The lowest BCUT2D eigenvalue weighted by Gasteiger charge is -2.18. The van der Waals surface area contributed by atoms with Gasteiger partial charge in [-0.15, -0.1) is 0 Å². The van der Waals surface area contributed by atoms with E-state index in [2.05, 4.69) is 48.5 Å². The highest BCUT2D eigenvalue weighted by Crippen LogP contribution is 2.33. The van der Waals surface area contributed by atoms with Crippen molar-refractivity contribution in [1.82, 2.24) is 0 Å². The number of rotatable bonds is 2. The molecule has 5 rings (SSSR count). The van der Waals surface area contributed by atoms with E-state index in [1.807, 2.05) is 12.2 Å². The van der Waals surface area contributed by atoms with Crippen molar-refractivity contribution in [2.45, 2.75) is 32.1 Å². The largest absolute Gasteiger partial charge is 0.388 e. The highest BCUT2D eigenvalue weighted by Gasteiger charge is 2.13. The quantitative estimate of drug-likeness (QED) is 0.632. The van der Waals surface area contributed by atoms with Gasteiger partial charge in [-0.25, -0.2) is 0 Å². The molecule has 0 atom stereocenters. The van der Waals surface area contributed by atoms with Crippen molar-refractivity contribution in [3.05, 3.63) is 83.5 Å². The molecule has 3 aromatic rings. The van der Waals surface area contributed by atoms with Crippen molar-refractivity contribution in [3.63, 3.8) is 0 Å². The van der Waals surface area contributed by atoms with Crippen molar-refractivity contribution >= 4 is 27.3 Å². The van der Waals surface area contributed by atoms with Crippen LogP contribution >= 0.6 is 0 Å². The average Bonchev–Trinajstić information content (AvgIpc) is 3.28. The van der Waals surface area contributed by atoms with Crippen molar-refractivity contribution in [2.24, 2.45) is 0 Å². The molecule has 0 bridgehead atoms. The first-order valence-corrected chi connectivity index (χ1v) is 9.70. The van der Waals surface area contributed by atoms with Gasteiger partial charge in [0.1, 0.15) is 6.61 Å². The predicted octanol–water partition coefficient (Wildman–Crippen LogP) is 5.31. The van der Waals surface area contributed by atoms with Gasteiger partial charge in [-0.2, -0.15) is 0 Å². The van der Waals surface area contributed by atoms with Crippen LogP contribution in [-0.4, -0.2) is 17.5 Å². The SMILES string of the molecule is O=C(CO)C1=CC=CC1.c1ccc2c(c1)ccc1c3c(ccc12)CCCC3. The van der Waals surface area contributed by atoms with E-state index in [1.54, 1.807) is 17.2 Å². The fourth-order valence-corrected chi connectivity index (χ4v) is 4.10. The average molecular weight is 356 g/mol. The zero-order chi connectivity index (χ0) is 18.6. The first-order valence-electron chi connectivity index (χ1n) is 9.70. The number of carbonyl (C=O) groups excluding carboxylic acids is 1. The summed E-state index contributed by atoms with van der Waals surface area (Å²) in [5.41, 5.74) is 3.88. The minimum Gasteiger partial charge on any atom is -0.388 e. The summed E-state index contributed by atoms with van der Waals surface area (Å²) in [7, 11) is 0. The molecule has 0 heterocycles. The van der Waals surface area contributed by atoms with Crippen LogP contribution in [0, 0.1) is 0 Å². The molecule has 0 unspecified atom stereocenters. The number of ketones is 1. The molecule has 0 spiro atoms. The summed E-state index contributed by atoms with van der Waals surface area (Å²) in [6.45, 7) is -0.368. The number of aliphatic hydroxyl groups excluding tert-OH is 1. The van der Waals surface area contributed by atoms with E-state index < -0.39 is 0 Å². The van der Waals surface area contributed by atoms with Crippen LogP contribution in [0.15, 0.2) is 72.3 Å². The van der Waals surface area contributed by atoms with E-state index in [0.717, 1.165) is 0 Å². The van der Waals surface area contributed by atoms with Crippen molar-refractivity contribution in [3.8, 4) is 0 Å². The Bertz CT molecular complexity index is 1060. The van der Waals surface area contributed by atoms with Gasteiger partial charge in [-0.05, 0) is 64.8 Å². The molecule has 27 heavy (non-hydrogen) atoms. The van der Waals surface area contributed by atoms with E-state index >= 15 is 0 Å². The van der Waals surface area contributed by atoms with Crippen LogP contribution in [0.4, 0.5) is 0 Å². The summed E-state index contributed by atoms with van der Waals surface area (Å²) in [6.07, 6.45) is 11.3. The lowest BCUT2D eigenvalue weighted by molar-refractivity contribution is -0.118. The van der Waals surface area contributed by atoms with Gasteiger partial charge >= 0.3 is 0 Å². The third kappa shape index (κ3) is 3.58. The summed E-state index contributed by atoms with van der Waals surface area (Å²) >= 11 is 0. The number of carbonyl (C=O) groups is 1. The molecule has 0 aliphatic heterocycles. The highest BCUT2D eigenvalue weighted by atomic mass is 16.3. The lowest BCUT2D eigenvalue weighted by atomic mass is 9.86. The Balaban J connectivity index is 0.000000170. The third-order valence-electron chi connectivity index (χ3n) is 5.53. The van der Waals surface area contributed by atoms with Gasteiger partial charge in [-0.1, -0.05) is 66.8 Å². The summed E-state index contributed by atoms with van der Waals surface area (Å²) in [4.78, 5) is 10.7. The molecular weight excluding hydrogens is 332 g/mol. The molecule has 2 heteroatoms. The number of hydrogen-bond acceptors (Lipinski definition) is 2. The van der Waals surface area contributed by atoms with Crippen LogP contribution in [0.3, 0.4) is 0 Å². The van der Waals surface area contributed by atoms with Crippen LogP contribution in [0.2, 0.25) is 0 Å². The molecule has 1 N–H and O–H groups in total. The number of allylic oxidation sites excluding steroid dienone is 3. The molecule has 2 aliphatic rings. The van der Waals surface area contributed by atoms with Gasteiger partial charge in [0.05, 0.1) is 0 Å². The highest BCUT2D eigenvalue weighted by molar-refractivity contribution is 6.08. The lowest BCUT2D eigenvalue weighted by Crippen LogP contribution is -2.05. The molecule has 136 valence electrons. The molecule has 0 aromatic heterocycles. The van der Waals surface area contributed by atoms with E-state index in [4.69, 9.17) is 5.11 Å². The van der Waals surface area contributed by atoms with Gasteiger partial charge in [0.25, 0.3) is 0 Å². The second-order valence-corrected chi connectivity index (χ2v) is 7.20. The van der Waals surface area contributed by atoms with Gasteiger partial charge < -0.3 is 5.11 Å². The maximum absolute atomic E-state index is 10.7. The monoisotopic (exact) mass is 356 g/mol. The topological polar surface area (TPSA) is 37.3 Å². The zero-order valence-electron chi connectivity index (χ0n) is 15.4. The second-order valence-electron chi connectivity index (χ2n) is 7.20. The van der Waals surface area contributed by atoms with Gasteiger partial charge in [-0.3, -0.25) is 4.79 Å². The molecule has 0 saturated carbocycles. The standard InChI is InChI=1S/C18H16.C7H8O2/c1-3-7-15-13(5-1)9-11-18-16-8-4-2-6-14(16)10-12-17(15)18;8-5-7(9)6-3-1-2-4-6/h1,3,5,7,9-12H,2,4,6,8H2;1-3,8H,4-5H2. The van der Waals surface area contributed by atoms with Crippen LogP contribution in [0.25, 0.3) is 21.5 Å². The molecule has 2 aliphatic carbocycles. The first kappa shape index (κ1) is 17.7.